The van der Waals surface area contributed by atoms with Crippen LogP contribution in [0.15, 0.2) is 59.6 Å². The molecular formula is C21H26N4O2. The van der Waals surface area contributed by atoms with Crippen LogP contribution in [0, 0.1) is 0 Å². The maximum atomic E-state index is 12.4. The summed E-state index contributed by atoms with van der Waals surface area (Å²) >= 11 is 0. The van der Waals surface area contributed by atoms with Crippen molar-refractivity contribution in [1.82, 2.24) is 10.6 Å². The predicted molar refractivity (Wildman–Crippen MR) is 108 cm³/mol. The molecule has 1 saturated heterocycles. The molecule has 2 aromatic rings. The molecule has 1 atom stereocenters. The second-order valence-corrected chi connectivity index (χ2v) is 6.51. The Balaban J connectivity index is 1.58. The highest BCUT2D eigenvalue weighted by atomic mass is 16.5. The number of amides is 1. The summed E-state index contributed by atoms with van der Waals surface area (Å²) in [6.07, 6.45) is 0.454. The van der Waals surface area contributed by atoms with Crippen molar-refractivity contribution < 1.29 is 9.53 Å². The van der Waals surface area contributed by atoms with Crippen molar-refractivity contribution >= 4 is 17.6 Å². The molecule has 0 aliphatic carbocycles. The van der Waals surface area contributed by atoms with Gasteiger partial charge in [-0.05, 0) is 23.3 Å². The number of hydrogen-bond donors (Lipinski definition) is 2. The van der Waals surface area contributed by atoms with Gasteiger partial charge in [-0.2, -0.15) is 0 Å². The molecule has 2 N–H and O–H groups in total. The number of rotatable bonds is 6. The minimum absolute atomic E-state index is 0.0260. The van der Waals surface area contributed by atoms with Crippen LogP contribution in [0.2, 0.25) is 0 Å². The van der Waals surface area contributed by atoms with Gasteiger partial charge < -0.3 is 20.3 Å². The zero-order chi connectivity index (χ0) is 19.1. The van der Waals surface area contributed by atoms with Crippen LogP contribution < -0.4 is 15.5 Å². The summed E-state index contributed by atoms with van der Waals surface area (Å²) < 4.78 is 5.26. The van der Waals surface area contributed by atoms with E-state index in [1.165, 1.54) is 0 Å². The van der Waals surface area contributed by atoms with Crippen LogP contribution in [0.25, 0.3) is 0 Å². The zero-order valence-electron chi connectivity index (χ0n) is 15.8. The average Bonchev–Trinajstić information content (AvgIpc) is 3.07. The Morgan fingerprint density at radius 1 is 1.15 bits per heavy atom. The third kappa shape index (κ3) is 4.86. The second kappa shape index (κ2) is 9.19. The Bertz CT molecular complexity index is 792. The quantitative estimate of drug-likeness (QED) is 0.608. The molecule has 2 aromatic carbocycles. The third-order valence-corrected chi connectivity index (χ3v) is 4.62. The number of hydrogen-bond acceptors (Lipinski definition) is 3. The highest BCUT2D eigenvalue weighted by molar-refractivity contribution is 5.97. The number of guanidine groups is 1. The van der Waals surface area contributed by atoms with Gasteiger partial charge in [0.2, 0.25) is 5.91 Å². The van der Waals surface area contributed by atoms with Gasteiger partial charge >= 0.3 is 0 Å². The van der Waals surface area contributed by atoms with Crippen LogP contribution in [0.4, 0.5) is 5.69 Å². The van der Waals surface area contributed by atoms with Crippen LogP contribution in [0.3, 0.4) is 0 Å². The van der Waals surface area contributed by atoms with E-state index in [1.54, 1.807) is 14.2 Å². The number of aliphatic imine (C=N–C) groups is 1. The van der Waals surface area contributed by atoms with Crippen molar-refractivity contribution in [2.45, 2.75) is 25.6 Å². The van der Waals surface area contributed by atoms with Crippen LogP contribution in [0.1, 0.15) is 17.5 Å². The van der Waals surface area contributed by atoms with Gasteiger partial charge in [-0.15, -0.1) is 0 Å². The lowest BCUT2D eigenvalue weighted by Crippen LogP contribution is -2.44. The van der Waals surface area contributed by atoms with E-state index in [-0.39, 0.29) is 11.9 Å². The Morgan fingerprint density at radius 3 is 2.56 bits per heavy atom. The highest BCUT2D eigenvalue weighted by Gasteiger charge is 2.31. The summed E-state index contributed by atoms with van der Waals surface area (Å²) in [4.78, 5) is 18.5. The molecule has 0 radical (unpaired) electrons. The number of ether oxygens (including phenoxy) is 1. The van der Waals surface area contributed by atoms with E-state index in [4.69, 9.17) is 4.74 Å². The summed E-state index contributed by atoms with van der Waals surface area (Å²) in [5.74, 6) is 0.814. The van der Waals surface area contributed by atoms with E-state index in [2.05, 4.69) is 27.8 Å². The van der Waals surface area contributed by atoms with Gasteiger partial charge in [0.25, 0.3) is 0 Å². The molecular weight excluding hydrogens is 340 g/mol. The largest absolute Gasteiger partial charge is 0.380 e. The van der Waals surface area contributed by atoms with E-state index < -0.39 is 0 Å². The number of para-hydroxylation sites is 1. The van der Waals surface area contributed by atoms with Gasteiger partial charge in [0.1, 0.15) is 0 Å². The number of anilines is 1. The van der Waals surface area contributed by atoms with E-state index >= 15 is 0 Å². The standard InChI is InChI=1S/C21H26N4O2/c1-22-21(23-13-16-8-6-7-9-17(16)15-27-2)24-18-12-20(26)25(14-18)19-10-4-3-5-11-19/h3-11,18H,12-15H2,1-2H3,(H2,22,23,24). The number of nitrogens with zero attached hydrogens (tertiary/aromatic N) is 2. The Hall–Kier alpha value is -2.86. The molecule has 0 saturated carbocycles. The number of carbonyl (C=O) groups excluding carboxylic acids is 1. The van der Waals surface area contributed by atoms with Gasteiger partial charge in [0, 0.05) is 39.4 Å². The van der Waals surface area contributed by atoms with Gasteiger partial charge in [0.05, 0.1) is 12.6 Å². The molecule has 6 nitrogen and oxygen atoms in total. The summed E-state index contributed by atoms with van der Waals surface area (Å²) in [5.41, 5.74) is 3.24. The third-order valence-electron chi connectivity index (χ3n) is 4.62. The fourth-order valence-electron chi connectivity index (χ4n) is 3.25. The summed E-state index contributed by atoms with van der Waals surface area (Å²) in [7, 11) is 3.43. The molecule has 3 rings (SSSR count). The smallest absolute Gasteiger partial charge is 0.229 e. The average molecular weight is 366 g/mol. The molecule has 142 valence electrons. The molecule has 6 heteroatoms. The second-order valence-electron chi connectivity index (χ2n) is 6.51. The normalized spacial score (nSPS) is 17.3. The number of benzene rings is 2. The first kappa shape index (κ1) is 18.9. The SMILES string of the molecule is CN=C(NCc1ccccc1COC)NC1CC(=O)N(c2ccccc2)C1. The lowest BCUT2D eigenvalue weighted by Gasteiger charge is -2.19. The van der Waals surface area contributed by atoms with Crippen LogP contribution in [-0.4, -0.2) is 38.6 Å². The Kier molecular flexibility index (Phi) is 6.44. The minimum Gasteiger partial charge on any atom is -0.380 e. The number of carbonyl (C=O) groups is 1. The van der Waals surface area contributed by atoms with Gasteiger partial charge in [-0.3, -0.25) is 9.79 Å². The van der Waals surface area contributed by atoms with Gasteiger partial charge in [-0.25, -0.2) is 0 Å². The first-order valence-corrected chi connectivity index (χ1v) is 9.09. The summed E-state index contributed by atoms with van der Waals surface area (Å²) in [6, 6.07) is 17.9. The van der Waals surface area contributed by atoms with Crippen molar-refractivity contribution in [3.63, 3.8) is 0 Å². The maximum Gasteiger partial charge on any atom is 0.229 e. The minimum atomic E-state index is 0.0260. The number of methoxy groups -OCH3 is 1. The summed E-state index contributed by atoms with van der Waals surface area (Å²) in [6.45, 7) is 1.85. The Labute approximate surface area is 160 Å². The number of nitrogens with one attached hydrogen (secondary N) is 2. The van der Waals surface area contributed by atoms with Crippen molar-refractivity contribution in [3.8, 4) is 0 Å². The molecule has 27 heavy (non-hydrogen) atoms. The fourth-order valence-corrected chi connectivity index (χ4v) is 3.25. The van der Waals surface area contributed by atoms with Crippen molar-refractivity contribution in [3.05, 3.63) is 65.7 Å². The van der Waals surface area contributed by atoms with E-state index in [1.807, 2.05) is 47.4 Å². The first-order valence-electron chi connectivity index (χ1n) is 9.09. The van der Waals surface area contributed by atoms with E-state index in [0.717, 1.165) is 16.8 Å². The maximum absolute atomic E-state index is 12.4. The zero-order valence-corrected chi connectivity index (χ0v) is 15.8. The van der Waals surface area contributed by atoms with Gasteiger partial charge in [-0.1, -0.05) is 42.5 Å². The molecule has 1 unspecified atom stereocenters. The monoisotopic (exact) mass is 366 g/mol. The molecule has 1 heterocycles. The van der Waals surface area contributed by atoms with Crippen LogP contribution >= 0.6 is 0 Å². The molecule has 1 aliphatic rings. The molecule has 0 spiro atoms. The van der Waals surface area contributed by atoms with Crippen LogP contribution in [0.5, 0.6) is 0 Å². The molecule has 0 bridgehead atoms. The van der Waals surface area contributed by atoms with Crippen molar-refractivity contribution in [1.29, 1.82) is 0 Å². The van der Waals surface area contributed by atoms with Crippen molar-refractivity contribution in [2.75, 3.05) is 25.6 Å². The highest BCUT2D eigenvalue weighted by Crippen LogP contribution is 2.21. The molecule has 1 fully saturated rings. The van der Waals surface area contributed by atoms with Gasteiger partial charge in [0.15, 0.2) is 5.96 Å². The summed E-state index contributed by atoms with van der Waals surface area (Å²) in [5, 5.41) is 6.70. The lowest BCUT2D eigenvalue weighted by molar-refractivity contribution is -0.117. The molecule has 0 aromatic heterocycles. The fraction of sp³-hybridized carbons (Fsp3) is 0.333. The van der Waals surface area contributed by atoms with Crippen LogP contribution in [-0.2, 0) is 22.7 Å². The lowest BCUT2D eigenvalue weighted by atomic mass is 10.1. The van der Waals surface area contributed by atoms with E-state index in [9.17, 15) is 4.79 Å². The predicted octanol–water partition coefficient (Wildman–Crippen LogP) is 2.30. The molecule has 1 amide bonds. The topological polar surface area (TPSA) is 66.0 Å². The first-order chi connectivity index (χ1) is 13.2. The molecule has 1 aliphatic heterocycles. The Morgan fingerprint density at radius 2 is 1.85 bits per heavy atom. The van der Waals surface area contributed by atoms with Crippen molar-refractivity contribution in [2.24, 2.45) is 4.99 Å². The van der Waals surface area contributed by atoms with E-state index in [0.29, 0.717) is 32.1 Å².